The molecule has 0 saturated carbocycles. The van der Waals surface area contributed by atoms with E-state index in [0.717, 1.165) is 0 Å². The lowest BCUT2D eigenvalue weighted by atomic mass is 10.2. The highest BCUT2D eigenvalue weighted by molar-refractivity contribution is 5.92. The van der Waals surface area contributed by atoms with E-state index in [9.17, 15) is 9.59 Å². The number of rotatable bonds is 4. The number of carbonyl (C=O) groups excluding carboxylic acids is 2. The van der Waals surface area contributed by atoms with Crippen LogP contribution in [0.15, 0.2) is 24.3 Å². The molecular formula is C11H12NO3. The predicted octanol–water partition coefficient (Wildman–Crippen LogP) is 1.73. The van der Waals surface area contributed by atoms with Crippen molar-refractivity contribution in [2.45, 2.75) is 13.8 Å². The molecule has 1 rings (SSSR count). The molecule has 0 heterocycles. The van der Waals surface area contributed by atoms with Crippen LogP contribution in [0.5, 0.6) is 5.75 Å². The third-order valence-electron chi connectivity index (χ3n) is 1.81. The second-order valence-corrected chi connectivity index (χ2v) is 3.35. The van der Waals surface area contributed by atoms with E-state index in [1.807, 2.05) is 13.8 Å². The maximum atomic E-state index is 11.3. The van der Waals surface area contributed by atoms with Crippen molar-refractivity contribution in [2.24, 2.45) is 5.92 Å². The molecule has 1 radical (unpaired) electrons. The number of carbonyl (C=O) groups is 1. The smallest absolute Gasteiger partial charge is 0.418 e. The maximum absolute atomic E-state index is 11.3. The van der Waals surface area contributed by atoms with Crippen LogP contribution in [0.2, 0.25) is 0 Å². The van der Waals surface area contributed by atoms with Gasteiger partial charge < -0.3 is 10.1 Å². The lowest BCUT2D eigenvalue weighted by molar-refractivity contribution is -0.118. The molecule has 1 aromatic carbocycles. The molecule has 15 heavy (non-hydrogen) atoms. The van der Waals surface area contributed by atoms with Gasteiger partial charge in [0.05, 0.1) is 0 Å². The van der Waals surface area contributed by atoms with Gasteiger partial charge in [-0.05, 0) is 24.3 Å². The molecule has 0 bridgehead atoms. The summed E-state index contributed by atoms with van der Waals surface area (Å²) in [6.07, 6.45) is 0. The molecule has 1 N–H and O–H groups in total. The minimum Gasteiger partial charge on any atom is -0.418 e. The molecule has 0 aliphatic carbocycles. The SMILES string of the molecule is CC(C)C(=O)Nc1ccc(O[C]=O)cc1. The summed E-state index contributed by atoms with van der Waals surface area (Å²) in [5.41, 5.74) is 0.673. The zero-order valence-corrected chi connectivity index (χ0v) is 8.61. The van der Waals surface area contributed by atoms with Crippen LogP contribution in [0, 0.1) is 5.92 Å². The normalized spacial score (nSPS) is 9.80. The topological polar surface area (TPSA) is 55.4 Å². The van der Waals surface area contributed by atoms with Gasteiger partial charge >= 0.3 is 6.47 Å². The average molecular weight is 206 g/mol. The number of hydrogen-bond acceptors (Lipinski definition) is 3. The van der Waals surface area contributed by atoms with E-state index in [0.29, 0.717) is 11.4 Å². The molecular weight excluding hydrogens is 194 g/mol. The van der Waals surface area contributed by atoms with E-state index in [-0.39, 0.29) is 11.8 Å². The van der Waals surface area contributed by atoms with Crippen molar-refractivity contribution < 1.29 is 14.3 Å². The Labute approximate surface area is 88.2 Å². The van der Waals surface area contributed by atoms with Crippen molar-refractivity contribution in [2.75, 3.05) is 5.32 Å². The molecule has 0 aromatic heterocycles. The second-order valence-electron chi connectivity index (χ2n) is 3.35. The molecule has 4 nitrogen and oxygen atoms in total. The molecule has 0 atom stereocenters. The van der Waals surface area contributed by atoms with Crippen LogP contribution in [-0.2, 0) is 9.59 Å². The number of hydrogen-bond donors (Lipinski definition) is 1. The van der Waals surface area contributed by atoms with Gasteiger partial charge in [-0.15, -0.1) is 0 Å². The maximum Gasteiger partial charge on any atom is 0.423 e. The minimum absolute atomic E-state index is 0.0504. The number of ether oxygens (including phenoxy) is 1. The first-order valence-electron chi connectivity index (χ1n) is 4.58. The highest BCUT2D eigenvalue weighted by Gasteiger charge is 2.06. The van der Waals surface area contributed by atoms with Gasteiger partial charge in [-0.3, -0.25) is 4.79 Å². The zero-order chi connectivity index (χ0) is 11.3. The highest BCUT2D eigenvalue weighted by atomic mass is 16.5. The van der Waals surface area contributed by atoms with E-state index in [4.69, 9.17) is 0 Å². The van der Waals surface area contributed by atoms with Crippen molar-refractivity contribution in [3.8, 4) is 5.75 Å². The van der Waals surface area contributed by atoms with Crippen molar-refractivity contribution in [3.63, 3.8) is 0 Å². The predicted molar refractivity (Wildman–Crippen MR) is 56.2 cm³/mol. The summed E-state index contributed by atoms with van der Waals surface area (Å²) in [5.74, 6) is 0.280. The summed E-state index contributed by atoms with van der Waals surface area (Å²) in [4.78, 5) is 21.2. The molecule has 0 spiro atoms. The average Bonchev–Trinajstić information content (AvgIpc) is 2.21. The van der Waals surface area contributed by atoms with E-state index in [1.54, 1.807) is 24.3 Å². The first kappa shape index (κ1) is 11.2. The van der Waals surface area contributed by atoms with E-state index in [1.165, 1.54) is 6.47 Å². The second kappa shape index (κ2) is 5.14. The van der Waals surface area contributed by atoms with Gasteiger partial charge in [0.15, 0.2) is 0 Å². The molecule has 0 fully saturated rings. The summed E-state index contributed by atoms with van der Waals surface area (Å²) in [5, 5.41) is 2.72. The molecule has 0 aliphatic heterocycles. The van der Waals surface area contributed by atoms with Gasteiger partial charge in [-0.1, -0.05) is 13.8 Å². The fraction of sp³-hybridized carbons (Fsp3) is 0.273. The quantitative estimate of drug-likeness (QED) is 0.816. The number of benzene rings is 1. The van der Waals surface area contributed by atoms with E-state index in [2.05, 4.69) is 10.1 Å². The Balaban J connectivity index is 2.64. The summed E-state index contributed by atoms with van der Waals surface area (Å²) < 4.78 is 4.50. The van der Waals surface area contributed by atoms with E-state index < -0.39 is 0 Å². The lowest BCUT2D eigenvalue weighted by Crippen LogP contribution is -2.17. The molecule has 1 amide bonds. The van der Waals surface area contributed by atoms with Crippen LogP contribution < -0.4 is 10.1 Å². The Morgan fingerprint density at radius 1 is 1.33 bits per heavy atom. The van der Waals surface area contributed by atoms with Crippen molar-refractivity contribution >= 4 is 18.1 Å². The van der Waals surface area contributed by atoms with Crippen LogP contribution in [0.3, 0.4) is 0 Å². The first-order valence-corrected chi connectivity index (χ1v) is 4.58. The highest BCUT2D eigenvalue weighted by Crippen LogP contribution is 2.15. The van der Waals surface area contributed by atoms with Gasteiger partial charge in [0.1, 0.15) is 5.75 Å². The third-order valence-corrected chi connectivity index (χ3v) is 1.81. The van der Waals surface area contributed by atoms with Crippen LogP contribution in [0.1, 0.15) is 13.8 Å². The van der Waals surface area contributed by atoms with Gasteiger partial charge in [0.2, 0.25) is 5.91 Å². The Bertz CT molecular complexity index is 343. The van der Waals surface area contributed by atoms with Crippen molar-refractivity contribution in [3.05, 3.63) is 24.3 Å². The molecule has 4 heteroatoms. The van der Waals surface area contributed by atoms with Gasteiger partial charge in [-0.2, -0.15) is 0 Å². The summed E-state index contributed by atoms with van der Waals surface area (Å²) in [7, 11) is 0. The van der Waals surface area contributed by atoms with Gasteiger partial charge in [0.25, 0.3) is 0 Å². The summed E-state index contributed by atoms with van der Waals surface area (Å²) in [6.45, 7) is 4.95. The first-order chi connectivity index (χ1) is 7.13. The van der Waals surface area contributed by atoms with Gasteiger partial charge in [-0.25, -0.2) is 4.79 Å². The Kier molecular flexibility index (Phi) is 3.85. The van der Waals surface area contributed by atoms with Crippen molar-refractivity contribution in [1.29, 1.82) is 0 Å². The Hall–Kier alpha value is -1.84. The number of nitrogens with one attached hydrogen (secondary N) is 1. The molecule has 1 aromatic rings. The Morgan fingerprint density at radius 2 is 1.93 bits per heavy atom. The summed E-state index contributed by atoms with van der Waals surface area (Å²) >= 11 is 0. The minimum atomic E-state index is -0.0655. The van der Waals surface area contributed by atoms with Gasteiger partial charge in [0, 0.05) is 11.6 Å². The van der Waals surface area contributed by atoms with Crippen molar-refractivity contribution in [1.82, 2.24) is 0 Å². The summed E-state index contributed by atoms with van der Waals surface area (Å²) in [6, 6.07) is 6.49. The fourth-order valence-electron chi connectivity index (χ4n) is 0.941. The largest absolute Gasteiger partial charge is 0.423 e. The standard InChI is InChI=1S/C11H12NO3/c1-8(2)11(14)12-9-3-5-10(6-4-9)15-7-13/h3-6,8H,1-2H3,(H,12,14). The fourth-order valence-corrected chi connectivity index (χ4v) is 0.941. The Morgan fingerprint density at radius 3 is 2.40 bits per heavy atom. The third kappa shape index (κ3) is 3.42. The molecule has 0 unspecified atom stereocenters. The van der Waals surface area contributed by atoms with Crippen LogP contribution in [-0.4, -0.2) is 12.4 Å². The van der Waals surface area contributed by atoms with Crippen LogP contribution in [0.4, 0.5) is 5.69 Å². The van der Waals surface area contributed by atoms with Crippen LogP contribution in [0.25, 0.3) is 0 Å². The van der Waals surface area contributed by atoms with Crippen LogP contribution >= 0.6 is 0 Å². The molecule has 79 valence electrons. The number of anilines is 1. The number of amides is 1. The molecule has 0 aliphatic rings. The monoisotopic (exact) mass is 206 g/mol. The molecule has 0 saturated heterocycles. The van der Waals surface area contributed by atoms with E-state index >= 15 is 0 Å². The lowest BCUT2D eigenvalue weighted by Gasteiger charge is -2.07. The zero-order valence-electron chi connectivity index (χ0n) is 8.61.